The van der Waals surface area contributed by atoms with Crippen LogP contribution in [0.3, 0.4) is 0 Å². The second-order valence-corrected chi connectivity index (χ2v) is 8.82. The number of aromatic amines is 1. The molecule has 3 N–H and O–H groups in total. The third-order valence-electron chi connectivity index (χ3n) is 6.50. The van der Waals surface area contributed by atoms with E-state index in [2.05, 4.69) is 32.5 Å². The molecule has 0 spiro atoms. The fourth-order valence-electron chi connectivity index (χ4n) is 4.77. The Kier molecular flexibility index (Phi) is 4.55. The summed E-state index contributed by atoms with van der Waals surface area (Å²) in [6.07, 6.45) is 3.46. The van der Waals surface area contributed by atoms with Crippen molar-refractivity contribution in [3.8, 4) is 17.1 Å². The summed E-state index contributed by atoms with van der Waals surface area (Å²) < 4.78 is 5.36. The largest absolute Gasteiger partial charge is 0.481 e. The number of hydrogen-bond acceptors (Lipinski definition) is 5. The number of halogens is 1. The zero-order valence-corrected chi connectivity index (χ0v) is 19.0. The lowest BCUT2D eigenvalue weighted by Crippen LogP contribution is -2.31. The Morgan fingerprint density at radius 1 is 1.24 bits per heavy atom. The Labute approximate surface area is 195 Å². The van der Waals surface area contributed by atoms with E-state index in [0.29, 0.717) is 27.9 Å². The minimum absolute atomic E-state index is 0.0715. The first kappa shape index (κ1) is 20.1. The van der Waals surface area contributed by atoms with Crippen molar-refractivity contribution in [2.75, 3.05) is 12.4 Å². The van der Waals surface area contributed by atoms with Gasteiger partial charge >= 0.3 is 0 Å². The van der Waals surface area contributed by atoms with Crippen LogP contribution in [0, 0.1) is 0 Å². The molecule has 8 heteroatoms. The van der Waals surface area contributed by atoms with Gasteiger partial charge in [0.2, 0.25) is 5.88 Å². The highest BCUT2D eigenvalue weighted by atomic mass is 35.5. The molecule has 0 saturated heterocycles. The molecule has 0 radical (unpaired) electrons. The number of fused-ring (bicyclic) bond motifs is 4. The molecule has 2 aliphatic rings. The van der Waals surface area contributed by atoms with Gasteiger partial charge in [-0.25, -0.2) is 4.98 Å². The minimum atomic E-state index is -0.0715. The first-order valence-corrected chi connectivity index (χ1v) is 11.4. The van der Waals surface area contributed by atoms with Crippen LogP contribution in [0.15, 0.2) is 42.6 Å². The molecule has 2 atom stereocenters. The maximum Gasteiger partial charge on any atom is 0.255 e. The summed E-state index contributed by atoms with van der Waals surface area (Å²) in [5.74, 6) is 0.732. The molecule has 7 nitrogen and oxygen atoms in total. The van der Waals surface area contributed by atoms with Gasteiger partial charge in [-0.1, -0.05) is 24.6 Å². The second kappa shape index (κ2) is 7.49. The molecule has 33 heavy (non-hydrogen) atoms. The number of rotatable bonds is 5. The number of nitrogens with one attached hydrogen (secondary N) is 3. The fourth-order valence-corrected chi connectivity index (χ4v) is 5.08. The SMILES string of the molecule is CCc1c(Cl)cccc1Nc1c(-c2ccnc3ccc(OC)nc23)[nH]c2c1C(=O)NC1CC21. The first-order chi connectivity index (χ1) is 16.1. The molecule has 1 fully saturated rings. The van der Waals surface area contributed by atoms with Gasteiger partial charge in [0.05, 0.1) is 29.6 Å². The van der Waals surface area contributed by atoms with Crippen molar-refractivity contribution in [2.45, 2.75) is 31.7 Å². The van der Waals surface area contributed by atoms with Crippen LogP contribution in [0.4, 0.5) is 11.4 Å². The van der Waals surface area contributed by atoms with Crippen molar-refractivity contribution in [2.24, 2.45) is 0 Å². The number of aromatic nitrogens is 3. The lowest BCUT2D eigenvalue weighted by molar-refractivity contribution is 0.0944. The van der Waals surface area contributed by atoms with Crippen molar-refractivity contribution in [3.05, 3.63) is 64.4 Å². The van der Waals surface area contributed by atoms with E-state index in [1.165, 1.54) is 0 Å². The summed E-state index contributed by atoms with van der Waals surface area (Å²) in [7, 11) is 1.59. The lowest BCUT2D eigenvalue weighted by Gasteiger charge is -2.17. The van der Waals surface area contributed by atoms with Crippen LogP contribution < -0.4 is 15.4 Å². The molecule has 4 heterocycles. The monoisotopic (exact) mass is 459 g/mol. The van der Waals surface area contributed by atoms with Crippen molar-refractivity contribution in [3.63, 3.8) is 0 Å². The van der Waals surface area contributed by atoms with Gasteiger partial charge in [0.15, 0.2) is 0 Å². The van der Waals surface area contributed by atoms with Gasteiger partial charge in [0.25, 0.3) is 5.91 Å². The number of benzene rings is 1. The van der Waals surface area contributed by atoms with E-state index in [4.69, 9.17) is 16.3 Å². The Hall–Kier alpha value is -3.58. The number of anilines is 2. The third kappa shape index (κ3) is 3.15. The van der Waals surface area contributed by atoms with Crippen molar-refractivity contribution in [1.82, 2.24) is 20.3 Å². The minimum Gasteiger partial charge on any atom is -0.481 e. The summed E-state index contributed by atoms with van der Waals surface area (Å²) in [5.41, 5.74) is 7.32. The van der Waals surface area contributed by atoms with Crippen LogP contribution in [0.5, 0.6) is 5.88 Å². The number of methoxy groups -OCH3 is 1. The molecule has 3 aromatic heterocycles. The van der Waals surface area contributed by atoms with Gasteiger partial charge in [-0.3, -0.25) is 9.78 Å². The van der Waals surface area contributed by atoms with Crippen LogP contribution >= 0.6 is 11.6 Å². The van der Waals surface area contributed by atoms with Gasteiger partial charge in [-0.2, -0.15) is 0 Å². The van der Waals surface area contributed by atoms with Crippen LogP contribution in [-0.2, 0) is 6.42 Å². The van der Waals surface area contributed by atoms with E-state index < -0.39 is 0 Å². The number of ether oxygens (including phenoxy) is 1. The molecular formula is C25H22ClN5O2. The van der Waals surface area contributed by atoms with E-state index >= 15 is 0 Å². The standard InChI is InChI=1S/C25H22ClN5O2/c1-3-12-15(26)5-4-6-16(12)28-24-20-22(14-11-18(14)29-25(20)32)31-23(24)13-9-10-27-17-7-8-19(33-2)30-21(13)17/h4-10,14,18,28,31H,3,11H2,1-2H3,(H,29,32). The topological polar surface area (TPSA) is 91.9 Å². The highest BCUT2D eigenvalue weighted by Crippen LogP contribution is 2.50. The average molecular weight is 460 g/mol. The van der Waals surface area contributed by atoms with E-state index in [-0.39, 0.29) is 11.9 Å². The summed E-state index contributed by atoms with van der Waals surface area (Å²) in [4.78, 5) is 25.8. The summed E-state index contributed by atoms with van der Waals surface area (Å²) in [6, 6.07) is 11.6. The molecule has 1 aliphatic carbocycles. The Balaban J connectivity index is 1.60. The van der Waals surface area contributed by atoms with Crippen LogP contribution in [0.1, 0.15) is 40.9 Å². The maximum atomic E-state index is 13.1. The molecule has 6 rings (SSSR count). The first-order valence-electron chi connectivity index (χ1n) is 11.0. The van der Waals surface area contributed by atoms with E-state index in [9.17, 15) is 4.79 Å². The number of hydrogen-bond donors (Lipinski definition) is 3. The number of amides is 1. The van der Waals surface area contributed by atoms with Crippen molar-refractivity contribution >= 4 is 39.9 Å². The van der Waals surface area contributed by atoms with Crippen molar-refractivity contribution in [1.29, 1.82) is 0 Å². The van der Waals surface area contributed by atoms with Crippen LogP contribution in [0.25, 0.3) is 22.3 Å². The zero-order chi connectivity index (χ0) is 22.7. The Bertz CT molecular complexity index is 1430. The number of nitrogens with zero attached hydrogens (tertiary/aromatic N) is 2. The molecule has 2 unspecified atom stereocenters. The highest BCUT2D eigenvalue weighted by molar-refractivity contribution is 6.31. The predicted molar refractivity (Wildman–Crippen MR) is 129 cm³/mol. The average Bonchev–Trinajstić information content (AvgIpc) is 3.50. The number of H-pyrrole nitrogens is 1. The summed E-state index contributed by atoms with van der Waals surface area (Å²) in [5, 5.41) is 7.36. The van der Waals surface area contributed by atoms with Gasteiger partial charge in [0.1, 0.15) is 5.52 Å². The molecule has 1 saturated carbocycles. The number of pyridine rings is 2. The molecule has 1 aliphatic heterocycles. The van der Waals surface area contributed by atoms with E-state index in [0.717, 1.165) is 52.2 Å². The zero-order valence-electron chi connectivity index (χ0n) is 18.2. The molecule has 4 aromatic rings. The van der Waals surface area contributed by atoms with Crippen LogP contribution in [-0.4, -0.2) is 34.0 Å². The number of carbonyl (C=O) groups is 1. The summed E-state index contributed by atoms with van der Waals surface area (Å²) in [6.45, 7) is 2.06. The van der Waals surface area contributed by atoms with E-state index in [1.54, 1.807) is 19.4 Å². The highest BCUT2D eigenvalue weighted by Gasteiger charge is 2.48. The molecule has 1 amide bonds. The smallest absolute Gasteiger partial charge is 0.255 e. The molecule has 0 bridgehead atoms. The van der Waals surface area contributed by atoms with Gasteiger partial charge in [-0.15, -0.1) is 0 Å². The lowest BCUT2D eigenvalue weighted by atomic mass is 10.0. The summed E-state index contributed by atoms with van der Waals surface area (Å²) >= 11 is 6.48. The predicted octanol–water partition coefficient (Wildman–Crippen LogP) is 5.19. The Morgan fingerprint density at radius 3 is 2.94 bits per heavy atom. The van der Waals surface area contributed by atoms with E-state index in [1.807, 2.05) is 30.3 Å². The maximum absolute atomic E-state index is 13.1. The van der Waals surface area contributed by atoms with Gasteiger partial charge in [-0.05, 0) is 42.7 Å². The normalized spacial score (nSPS) is 18.5. The van der Waals surface area contributed by atoms with Crippen molar-refractivity contribution < 1.29 is 9.53 Å². The molecule has 1 aromatic carbocycles. The fraction of sp³-hybridized carbons (Fsp3) is 0.240. The number of carbonyl (C=O) groups excluding carboxylic acids is 1. The van der Waals surface area contributed by atoms with Crippen LogP contribution in [0.2, 0.25) is 5.02 Å². The Morgan fingerprint density at radius 2 is 2.12 bits per heavy atom. The molecular weight excluding hydrogens is 438 g/mol. The third-order valence-corrected chi connectivity index (χ3v) is 6.86. The molecule has 166 valence electrons. The quantitative estimate of drug-likeness (QED) is 0.382. The van der Waals surface area contributed by atoms with Gasteiger partial charge < -0.3 is 20.4 Å². The van der Waals surface area contributed by atoms with Gasteiger partial charge in [0, 0.05) is 46.2 Å². The second-order valence-electron chi connectivity index (χ2n) is 8.41.